The molecular formula is C16H19F3N2O2. The molecule has 4 nitrogen and oxygen atoms in total. The lowest BCUT2D eigenvalue weighted by atomic mass is 10.1. The smallest absolute Gasteiger partial charge is 0.341 e. The summed E-state index contributed by atoms with van der Waals surface area (Å²) < 4.78 is 38.0. The second-order valence-corrected chi connectivity index (χ2v) is 5.66. The van der Waals surface area contributed by atoms with Gasteiger partial charge in [-0.05, 0) is 44.4 Å². The summed E-state index contributed by atoms with van der Waals surface area (Å²) in [5, 5.41) is 2.47. The van der Waals surface area contributed by atoms with Gasteiger partial charge in [-0.3, -0.25) is 9.59 Å². The Morgan fingerprint density at radius 1 is 1.17 bits per heavy atom. The van der Waals surface area contributed by atoms with Gasteiger partial charge in [-0.1, -0.05) is 6.07 Å². The second kappa shape index (κ2) is 7.02. The van der Waals surface area contributed by atoms with Gasteiger partial charge in [-0.15, -0.1) is 0 Å². The van der Waals surface area contributed by atoms with E-state index in [2.05, 4.69) is 5.32 Å². The van der Waals surface area contributed by atoms with Crippen LogP contribution in [-0.4, -0.2) is 35.8 Å². The van der Waals surface area contributed by atoms with Gasteiger partial charge in [-0.2, -0.15) is 13.2 Å². The second-order valence-electron chi connectivity index (χ2n) is 5.66. The number of benzene rings is 1. The number of rotatable bonds is 3. The summed E-state index contributed by atoms with van der Waals surface area (Å²) in [4.78, 5) is 26.0. The molecule has 0 bridgehead atoms. The maximum Gasteiger partial charge on any atom is 0.416 e. The fraction of sp³-hybridized carbons (Fsp3) is 0.500. The van der Waals surface area contributed by atoms with Gasteiger partial charge in [-0.25, -0.2) is 0 Å². The number of piperidine rings is 1. The van der Waals surface area contributed by atoms with E-state index in [-0.39, 0.29) is 11.5 Å². The number of hydrogen-bond donors (Lipinski definition) is 1. The van der Waals surface area contributed by atoms with Crippen molar-refractivity contribution in [2.75, 3.05) is 13.1 Å². The third kappa shape index (κ3) is 4.46. The average molecular weight is 328 g/mol. The normalized spacial score (nSPS) is 16.8. The Bertz CT molecular complexity index is 581. The third-order valence-electron chi connectivity index (χ3n) is 3.84. The summed E-state index contributed by atoms with van der Waals surface area (Å²) in [6, 6.07) is 3.39. The SMILES string of the molecule is C[C@H](NC(=O)c1cccc(C(F)(F)F)c1)C(=O)N1CCCCC1. The van der Waals surface area contributed by atoms with Crippen LogP contribution in [0.15, 0.2) is 24.3 Å². The highest BCUT2D eigenvalue weighted by Crippen LogP contribution is 2.29. The molecule has 0 spiro atoms. The first-order valence-electron chi connectivity index (χ1n) is 7.56. The van der Waals surface area contributed by atoms with Crippen molar-refractivity contribution >= 4 is 11.8 Å². The number of hydrogen-bond acceptors (Lipinski definition) is 2. The van der Waals surface area contributed by atoms with Crippen molar-refractivity contribution in [3.05, 3.63) is 35.4 Å². The van der Waals surface area contributed by atoms with Crippen LogP contribution < -0.4 is 5.32 Å². The molecule has 126 valence electrons. The Balaban J connectivity index is 2.02. The summed E-state index contributed by atoms with van der Waals surface area (Å²) in [5.41, 5.74) is -1.00. The molecule has 1 atom stereocenters. The first-order valence-corrected chi connectivity index (χ1v) is 7.56. The number of nitrogens with one attached hydrogen (secondary N) is 1. The van der Waals surface area contributed by atoms with E-state index in [1.807, 2.05) is 0 Å². The molecule has 1 aromatic rings. The van der Waals surface area contributed by atoms with Gasteiger partial charge in [0, 0.05) is 18.7 Å². The third-order valence-corrected chi connectivity index (χ3v) is 3.84. The van der Waals surface area contributed by atoms with Gasteiger partial charge in [0.2, 0.25) is 5.91 Å². The molecule has 1 aromatic carbocycles. The summed E-state index contributed by atoms with van der Waals surface area (Å²) in [5.74, 6) is -0.890. The van der Waals surface area contributed by atoms with Crippen LogP contribution in [0.3, 0.4) is 0 Å². The van der Waals surface area contributed by atoms with E-state index in [0.29, 0.717) is 13.1 Å². The Labute approximate surface area is 132 Å². The first kappa shape index (κ1) is 17.3. The molecule has 1 aliphatic rings. The molecule has 2 amide bonds. The van der Waals surface area contributed by atoms with Crippen molar-refractivity contribution in [3.8, 4) is 0 Å². The quantitative estimate of drug-likeness (QED) is 0.927. The fourth-order valence-electron chi connectivity index (χ4n) is 2.57. The molecule has 0 aliphatic carbocycles. The van der Waals surface area contributed by atoms with Crippen LogP contribution in [0.2, 0.25) is 0 Å². The van der Waals surface area contributed by atoms with Crippen molar-refractivity contribution in [2.45, 2.75) is 38.4 Å². The summed E-state index contributed by atoms with van der Waals surface area (Å²) in [6.45, 7) is 2.85. The van der Waals surface area contributed by atoms with Gasteiger partial charge >= 0.3 is 6.18 Å². The predicted octanol–water partition coefficient (Wildman–Crippen LogP) is 2.84. The van der Waals surface area contributed by atoms with Crippen molar-refractivity contribution in [1.29, 1.82) is 0 Å². The van der Waals surface area contributed by atoms with Gasteiger partial charge in [0.05, 0.1) is 5.56 Å². The molecular weight excluding hydrogens is 309 g/mol. The van der Waals surface area contributed by atoms with Gasteiger partial charge in [0.25, 0.3) is 5.91 Å². The van der Waals surface area contributed by atoms with Crippen molar-refractivity contribution in [2.24, 2.45) is 0 Å². The van der Waals surface area contributed by atoms with Crippen LogP contribution >= 0.6 is 0 Å². The van der Waals surface area contributed by atoms with E-state index >= 15 is 0 Å². The lowest BCUT2D eigenvalue weighted by Crippen LogP contribution is -2.48. The number of amides is 2. The number of alkyl halides is 3. The molecule has 0 saturated carbocycles. The minimum atomic E-state index is -4.51. The van der Waals surface area contributed by atoms with E-state index in [1.165, 1.54) is 12.1 Å². The van der Waals surface area contributed by atoms with E-state index in [4.69, 9.17) is 0 Å². The topological polar surface area (TPSA) is 49.4 Å². The average Bonchev–Trinajstić information content (AvgIpc) is 2.54. The fourth-order valence-corrected chi connectivity index (χ4v) is 2.57. The number of nitrogens with zero attached hydrogens (tertiary/aromatic N) is 1. The monoisotopic (exact) mass is 328 g/mol. The van der Waals surface area contributed by atoms with Crippen LogP contribution in [0.4, 0.5) is 13.2 Å². The first-order chi connectivity index (χ1) is 10.8. The Morgan fingerprint density at radius 3 is 2.43 bits per heavy atom. The van der Waals surface area contributed by atoms with E-state index < -0.39 is 23.7 Å². The highest BCUT2D eigenvalue weighted by atomic mass is 19.4. The predicted molar refractivity (Wildman–Crippen MR) is 78.8 cm³/mol. The molecule has 7 heteroatoms. The molecule has 1 fully saturated rings. The maximum absolute atomic E-state index is 12.7. The zero-order chi connectivity index (χ0) is 17.0. The Kier molecular flexibility index (Phi) is 5.28. The summed E-state index contributed by atoms with van der Waals surface area (Å²) in [7, 11) is 0. The van der Waals surface area contributed by atoms with Crippen LogP contribution in [0.5, 0.6) is 0 Å². The van der Waals surface area contributed by atoms with Crippen LogP contribution in [0.1, 0.15) is 42.1 Å². The molecule has 0 unspecified atom stereocenters. The molecule has 0 radical (unpaired) electrons. The number of carbonyl (C=O) groups excluding carboxylic acids is 2. The molecule has 1 heterocycles. The van der Waals surface area contributed by atoms with Crippen LogP contribution in [0, 0.1) is 0 Å². The van der Waals surface area contributed by atoms with Crippen molar-refractivity contribution in [3.63, 3.8) is 0 Å². The van der Waals surface area contributed by atoms with E-state index in [1.54, 1.807) is 11.8 Å². The van der Waals surface area contributed by atoms with Gasteiger partial charge in [0.15, 0.2) is 0 Å². The van der Waals surface area contributed by atoms with Crippen LogP contribution in [0.25, 0.3) is 0 Å². The van der Waals surface area contributed by atoms with Crippen LogP contribution in [-0.2, 0) is 11.0 Å². The van der Waals surface area contributed by atoms with E-state index in [9.17, 15) is 22.8 Å². The lowest BCUT2D eigenvalue weighted by molar-refractivity contribution is -0.137. The number of likely N-dealkylation sites (tertiary alicyclic amines) is 1. The minimum absolute atomic E-state index is 0.113. The molecule has 1 saturated heterocycles. The largest absolute Gasteiger partial charge is 0.416 e. The Morgan fingerprint density at radius 2 is 1.83 bits per heavy atom. The molecule has 0 aromatic heterocycles. The summed E-state index contributed by atoms with van der Waals surface area (Å²) in [6.07, 6.45) is -1.57. The Hall–Kier alpha value is -2.05. The minimum Gasteiger partial charge on any atom is -0.341 e. The van der Waals surface area contributed by atoms with Crippen molar-refractivity contribution in [1.82, 2.24) is 10.2 Å². The number of halogens is 3. The molecule has 23 heavy (non-hydrogen) atoms. The summed E-state index contributed by atoms with van der Waals surface area (Å²) >= 11 is 0. The number of carbonyl (C=O) groups is 2. The molecule has 2 rings (SSSR count). The standard InChI is InChI=1S/C16H19F3N2O2/c1-11(15(23)21-8-3-2-4-9-21)20-14(22)12-6-5-7-13(10-12)16(17,18)19/h5-7,10-11H,2-4,8-9H2,1H3,(H,20,22)/t11-/m0/s1. The molecule has 1 aliphatic heterocycles. The van der Waals surface area contributed by atoms with Gasteiger partial charge in [0.1, 0.15) is 6.04 Å². The molecule has 1 N–H and O–H groups in total. The lowest BCUT2D eigenvalue weighted by Gasteiger charge is -2.29. The van der Waals surface area contributed by atoms with Crippen molar-refractivity contribution < 1.29 is 22.8 Å². The van der Waals surface area contributed by atoms with E-state index in [0.717, 1.165) is 31.4 Å². The highest BCUT2D eigenvalue weighted by molar-refractivity contribution is 5.97. The zero-order valence-electron chi connectivity index (χ0n) is 12.8. The highest BCUT2D eigenvalue weighted by Gasteiger charge is 2.31. The van der Waals surface area contributed by atoms with Gasteiger partial charge < -0.3 is 10.2 Å². The zero-order valence-corrected chi connectivity index (χ0v) is 12.8. The maximum atomic E-state index is 12.7.